The van der Waals surface area contributed by atoms with Gasteiger partial charge in [-0.05, 0) is 30.7 Å². The Morgan fingerprint density at radius 3 is 1.41 bits per heavy atom. The standard InChI is InChI=1S/C37H31N2/c1-30-17-16-18-31(29-30)36-27-14-15-28-37(36)38(32-19-6-2-7-20-32)39(33-21-8-3-9-22-33,34-23-10-4-11-24-34)35-25-12-5-13-26-35/h2-29H,1H3/q+1. The first-order valence-corrected chi connectivity index (χ1v) is 13.4. The zero-order valence-corrected chi connectivity index (χ0v) is 22.1. The smallest absolute Gasteiger partial charge is 0.168 e. The van der Waals surface area contributed by atoms with Crippen molar-refractivity contribution in [2.45, 2.75) is 6.92 Å². The van der Waals surface area contributed by atoms with E-state index < -0.39 is 0 Å². The zero-order valence-electron chi connectivity index (χ0n) is 22.1. The Bertz CT molecular complexity index is 1550. The highest BCUT2D eigenvalue weighted by atomic mass is 15.8. The highest BCUT2D eigenvalue weighted by molar-refractivity contribution is 5.88. The quantitative estimate of drug-likeness (QED) is 0.155. The van der Waals surface area contributed by atoms with Crippen molar-refractivity contribution >= 4 is 28.4 Å². The summed E-state index contributed by atoms with van der Waals surface area (Å²) in [7, 11) is 0. The summed E-state index contributed by atoms with van der Waals surface area (Å²) >= 11 is 0. The predicted molar refractivity (Wildman–Crippen MR) is 166 cm³/mol. The molecular formula is C37H31N2+. The molecule has 0 aromatic heterocycles. The van der Waals surface area contributed by atoms with Gasteiger partial charge in [0, 0.05) is 42.0 Å². The van der Waals surface area contributed by atoms with Crippen molar-refractivity contribution in [1.29, 1.82) is 0 Å². The van der Waals surface area contributed by atoms with Gasteiger partial charge in [-0.1, -0.05) is 121 Å². The minimum atomic E-state index is 0.357. The van der Waals surface area contributed by atoms with Gasteiger partial charge in [0.25, 0.3) is 0 Å². The molecule has 0 N–H and O–H groups in total. The molecule has 0 saturated heterocycles. The predicted octanol–water partition coefficient (Wildman–Crippen LogP) is 10.4. The summed E-state index contributed by atoms with van der Waals surface area (Å²) in [5.41, 5.74) is 9.23. The number of benzene rings is 6. The van der Waals surface area contributed by atoms with Crippen molar-refractivity contribution in [1.82, 2.24) is 4.59 Å². The zero-order chi connectivity index (χ0) is 26.5. The van der Waals surface area contributed by atoms with Crippen LogP contribution < -0.4 is 9.60 Å². The van der Waals surface area contributed by atoms with Gasteiger partial charge in [0.05, 0.1) is 5.69 Å². The van der Waals surface area contributed by atoms with Crippen LogP contribution >= 0.6 is 0 Å². The lowest BCUT2D eigenvalue weighted by atomic mass is 10.0. The van der Waals surface area contributed by atoms with Gasteiger partial charge in [-0.15, -0.1) is 4.59 Å². The molecule has 0 heterocycles. The van der Waals surface area contributed by atoms with E-state index in [-0.39, 0.29) is 0 Å². The van der Waals surface area contributed by atoms with E-state index in [1.165, 1.54) is 16.7 Å². The number of hydrogen-bond acceptors (Lipinski definition) is 1. The van der Waals surface area contributed by atoms with Crippen molar-refractivity contribution in [3.63, 3.8) is 0 Å². The van der Waals surface area contributed by atoms with E-state index in [2.05, 4.69) is 182 Å². The largest absolute Gasteiger partial charge is 0.176 e. The second kappa shape index (κ2) is 10.8. The molecule has 0 atom stereocenters. The minimum absolute atomic E-state index is 0.357. The first kappa shape index (κ1) is 24.4. The average Bonchev–Trinajstić information content (AvgIpc) is 3.02. The fourth-order valence-corrected chi connectivity index (χ4v) is 5.48. The second-order valence-corrected chi connectivity index (χ2v) is 9.68. The molecule has 0 spiro atoms. The van der Waals surface area contributed by atoms with Gasteiger partial charge in [-0.3, -0.25) is 0 Å². The van der Waals surface area contributed by atoms with Gasteiger partial charge < -0.3 is 0 Å². The van der Waals surface area contributed by atoms with E-state index >= 15 is 0 Å². The molecule has 0 unspecified atom stereocenters. The third kappa shape index (κ3) is 4.52. The fraction of sp³-hybridized carbons (Fsp3) is 0.0270. The van der Waals surface area contributed by atoms with E-state index in [4.69, 9.17) is 0 Å². The third-order valence-electron chi connectivity index (χ3n) is 7.15. The monoisotopic (exact) mass is 503 g/mol. The van der Waals surface area contributed by atoms with E-state index in [0.717, 1.165) is 28.4 Å². The molecule has 6 aromatic rings. The summed E-state index contributed by atoms with van der Waals surface area (Å²) < 4.78 is 0.357. The molecule has 0 aliphatic rings. The van der Waals surface area contributed by atoms with Crippen LogP contribution in [0.5, 0.6) is 0 Å². The maximum absolute atomic E-state index is 2.47. The van der Waals surface area contributed by atoms with Crippen LogP contribution in [0.3, 0.4) is 0 Å². The van der Waals surface area contributed by atoms with E-state index in [1.807, 2.05) is 0 Å². The van der Waals surface area contributed by atoms with Gasteiger partial charge in [0.1, 0.15) is 5.69 Å². The highest BCUT2D eigenvalue weighted by Crippen LogP contribution is 2.51. The molecule has 2 nitrogen and oxygen atoms in total. The second-order valence-electron chi connectivity index (χ2n) is 9.68. The molecule has 0 aliphatic carbocycles. The summed E-state index contributed by atoms with van der Waals surface area (Å²) in [6.45, 7) is 2.15. The Labute approximate surface area is 231 Å². The molecule has 6 aromatic carbocycles. The first-order chi connectivity index (χ1) is 19.3. The Morgan fingerprint density at radius 1 is 0.436 bits per heavy atom. The molecule has 0 fully saturated rings. The summed E-state index contributed by atoms with van der Waals surface area (Å²) in [5, 5.41) is 2.47. The van der Waals surface area contributed by atoms with Gasteiger partial charge in [-0.25, -0.2) is 0 Å². The normalized spacial score (nSPS) is 11.2. The van der Waals surface area contributed by atoms with Crippen LogP contribution in [-0.2, 0) is 0 Å². The summed E-state index contributed by atoms with van der Waals surface area (Å²) in [4.78, 5) is 0. The summed E-state index contributed by atoms with van der Waals surface area (Å²) in [6.07, 6.45) is 0. The fourth-order valence-electron chi connectivity index (χ4n) is 5.48. The topological polar surface area (TPSA) is 3.24 Å². The maximum atomic E-state index is 2.47. The number of hydrogen-bond donors (Lipinski definition) is 0. The SMILES string of the molecule is Cc1cccc(-c2ccccc2N(c2ccccc2)[N+](c2ccccc2)(c2ccccc2)c2ccccc2)c1. The molecule has 6 rings (SSSR count). The van der Waals surface area contributed by atoms with Gasteiger partial charge in [0.2, 0.25) is 0 Å². The van der Waals surface area contributed by atoms with E-state index in [9.17, 15) is 0 Å². The van der Waals surface area contributed by atoms with E-state index in [0.29, 0.717) is 4.59 Å². The molecule has 0 saturated carbocycles. The number of anilines is 2. The van der Waals surface area contributed by atoms with Gasteiger partial charge in [-0.2, -0.15) is 5.01 Å². The molecular weight excluding hydrogens is 472 g/mol. The molecule has 2 heteroatoms. The highest BCUT2D eigenvalue weighted by Gasteiger charge is 2.45. The van der Waals surface area contributed by atoms with Crippen LogP contribution in [0.4, 0.5) is 28.4 Å². The molecule has 39 heavy (non-hydrogen) atoms. The Morgan fingerprint density at radius 2 is 0.897 bits per heavy atom. The van der Waals surface area contributed by atoms with Gasteiger partial charge >= 0.3 is 0 Å². The van der Waals surface area contributed by atoms with Crippen molar-refractivity contribution in [3.05, 3.63) is 175 Å². The van der Waals surface area contributed by atoms with Crippen LogP contribution in [0.15, 0.2) is 170 Å². The Balaban J connectivity index is 1.78. The molecule has 188 valence electrons. The molecule has 0 amide bonds. The van der Waals surface area contributed by atoms with E-state index in [1.54, 1.807) is 0 Å². The lowest BCUT2D eigenvalue weighted by Crippen LogP contribution is -2.52. The Kier molecular flexibility index (Phi) is 6.78. The van der Waals surface area contributed by atoms with Crippen LogP contribution in [0.1, 0.15) is 5.56 Å². The Hall–Kier alpha value is -4.92. The van der Waals surface area contributed by atoms with Crippen LogP contribution in [0.2, 0.25) is 0 Å². The molecule has 0 bridgehead atoms. The summed E-state index contributed by atoms with van der Waals surface area (Å²) in [6, 6.07) is 60.6. The third-order valence-corrected chi connectivity index (χ3v) is 7.15. The van der Waals surface area contributed by atoms with Crippen molar-refractivity contribution < 1.29 is 0 Å². The van der Waals surface area contributed by atoms with Crippen LogP contribution in [-0.4, -0.2) is 0 Å². The molecule has 0 radical (unpaired) electrons. The maximum Gasteiger partial charge on any atom is 0.168 e. The van der Waals surface area contributed by atoms with Crippen molar-refractivity contribution in [2.24, 2.45) is 0 Å². The van der Waals surface area contributed by atoms with Crippen LogP contribution in [0, 0.1) is 6.92 Å². The minimum Gasteiger partial charge on any atom is -0.176 e. The number of para-hydroxylation sites is 5. The lowest BCUT2D eigenvalue weighted by Gasteiger charge is -2.46. The number of quaternary nitrogens is 1. The van der Waals surface area contributed by atoms with Gasteiger partial charge in [0.15, 0.2) is 17.1 Å². The first-order valence-electron chi connectivity index (χ1n) is 13.4. The number of rotatable bonds is 7. The van der Waals surface area contributed by atoms with Crippen LogP contribution in [0.25, 0.3) is 11.1 Å². The van der Waals surface area contributed by atoms with Crippen molar-refractivity contribution in [2.75, 3.05) is 5.01 Å². The number of nitrogens with zero attached hydrogens (tertiary/aromatic N) is 2. The molecule has 0 aliphatic heterocycles. The number of aryl methyl sites for hydroxylation is 1. The van der Waals surface area contributed by atoms with Crippen molar-refractivity contribution in [3.8, 4) is 11.1 Å². The summed E-state index contributed by atoms with van der Waals surface area (Å²) in [5.74, 6) is 0. The average molecular weight is 504 g/mol. The lowest BCUT2D eigenvalue weighted by molar-refractivity contribution is 0.528.